The maximum absolute atomic E-state index is 13.0. The Labute approximate surface area is 192 Å². The highest BCUT2D eigenvalue weighted by Crippen LogP contribution is 2.25. The molecule has 0 saturated heterocycles. The molecule has 0 fully saturated rings. The van der Waals surface area contributed by atoms with Crippen molar-refractivity contribution in [1.29, 1.82) is 0 Å². The van der Waals surface area contributed by atoms with Gasteiger partial charge in [-0.15, -0.1) is 20.4 Å². The minimum atomic E-state index is -0.336. The van der Waals surface area contributed by atoms with Crippen LogP contribution in [0, 0.1) is 6.92 Å². The number of rotatable bonds is 4. The van der Waals surface area contributed by atoms with E-state index in [2.05, 4.69) is 25.7 Å². The van der Waals surface area contributed by atoms with E-state index in [1.165, 1.54) is 4.80 Å². The molecule has 0 atom stereocenters. The molecule has 0 aliphatic rings. The molecule has 158 valence electrons. The van der Waals surface area contributed by atoms with E-state index in [1.54, 1.807) is 53.6 Å². The smallest absolute Gasteiger partial charge is 0.257 e. The van der Waals surface area contributed by atoms with E-state index in [-0.39, 0.29) is 5.91 Å². The van der Waals surface area contributed by atoms with Crippen LogP contribution in [0.15, 0.2) is 67.3 Å². The number of hydrogen-bond donors (Lipinski definition) is 1. The number of fused-ring (bicyclic) bond motifs is 1. The van der Waals surface area contributed by atoms with E-state index < -0.39 is 0 Å². The zero-order valence-corrected chi connectivity index (χ0v) is 18.2. The van der Waals surface area contributed by atoms with Crippen LogP contribution in [0.1, 0.15) is 15.9 Å². The average molecular weight is 464 g/mol. The molecule has 2 aromatic heterocycles. The van der Waals surface area contributed by atoms with Gasteiger partial charge in [-0.05, 0) is 67.1 Å². The molecule has 8 nitrogen and oxygen atoms in total. The third-order valence-electron chi connectivity index (χ3n) is 4.94. The van der Waals surface area contributed by atoms with Crippen molar-refractivity contribution in [2.75, 3.05) is 5.32 Å². The first-order chi connectivity index (χ1) is 15.5. The largest absolute Gasteiger partial charge is 0.322 e. The van der Waals surface area contributed by atoms with Crippen LogP contribution in [0.25, 0.3) is 22.4 Å². The predicted molar refractivity (Wildman–Crippen MR) is 123 cm³/mol. The summed E-state index contributed by atoms with van der Waals surface area (Å²) < 4.78 is 1.69. The minimum absolute atomic E-state index is 0.335. The van der Waals surface area contributed by atoms with Gasteiger partial charge in [0.05, 0.1) is 16.3 Å². The lowest BCUT2D eigenvalue weighted by molar-refractivity contribution is 0.102. The van der Waals surface area contributed by atoms with Crippen molar-refractivity contribution in [2.45, 2.75) is 6.92 Å². The summed E-state index contributed by atoms with van der Waals surface area (Å²) in [7, 11) is 0. The first kappa shape index (κ1) is 20.2. The lowest BCUT2D eigenvalue weighted by Gasteiger charge is -2.11. The van der Waals surface area contributed by atoms with E-state index in [1.807, 2.05) is 25.1 Å². The maximum atomic E-state index is 13.0. The van der Waals surface area contributed by atoms with E-state index >= 15 is 0 Å². The number of nitrogens with zero attached hydrogens (tertiary/aromatic N) is 6. The number of carbonyl (C=O) groups excluding carboxylic acids is 1. The molecule has 2 heterocycles. The molecule has 5 aromatic rings. The number of aryl methyl sites for hydroxylation is 1. The number of nitrogens with one attached hydrogen (secondary N) is 1. The van der Waals surface area contributed by atoms with Crippen LogP contribution < -0.4 is 5.32 Å². The monoisotopic (exact) mass is 463 g/mol. The summed E-state index contributed by atoms with van der Waals surface area (Å²) in [6, 6.07) is 16.0. The van der Waals surface area contributed by atoms with Gasteiger partial charge in [0.2, 0.25) is 0 Å². The number of carbonyl (C=O) groups is 1. The number of aromatic nitrogens is 6. The van der Waals surface area contributed by atoms with Crippen molar-refractivity contribution < 1.29 is 4.79 Å². The van der Waals surface area contributed by atoms with Crippen LogP contribution in [-0.4, -0.2) is 35.7 Å². The van der Waals surface area contributed by atoms with Gasteiger partial charge in [0.1, 0.15) is 23.7 Å². The van der Waals surface area contributed by atoms with E-state index in [4.69, 9.17) is 23.2 Å². The van der Waals surface area contributed by atoms with Crippen LogP contribution in [0.4, 0.5) is 5.69 Å². The Morgan fingerprint density at radius 3 is 2.25 bits per heavy atom. The van der Waals surface area contributed by atoms with Gasteiger partial charge >= 0.3 is 0 Å². The zero-order valence-electron chi connectivity index (χ0n) is 16.7. The summed E-state index contributed by atoms with van der Waals surface area (Å²) in [5, 5.41) is 20.5. The Hall–Kier alpha value is -3.75. The first-order valence-corrected chi connectivity index (χ1v) is 10.3. The maximum Gasteiger partial charge on any atom is 0.257 e. The van der Waals surface area contributed by atoms with Gasteiger partial charge in [-0.3, -0.25) is 9.36 Å². The summed E-state index contributed by atoms with van der Waals surface area (Å²) in [6.07, 6.45) is 3.10. The molecule has 32 heavy (non-hydrogen) atoms. The van der Waals surface area contributed by atoms with Crippen LogP contribution in [-0.2, 0) is 0 Å². The van der Waals surface area contributed by atoms with Gasteiger partial charge in [0.15, 0.2) is 0 Å². The summed E-state index contributed by atoms with van der Waals surface area (Å²) in [4.78, 5) is 14.5. The Balaban J connectivity index is 1.46. The standard InChI is InChI=1S/C22H15Cl2N7O/c1-13-8-20-21(29-31(28-20)15-4-2-14(23)3-5-15)10-19(13)27-22(32)17-9-16(6-7-18(17)24)30-11-25-26-12-30/h2-12H,1H3,(H,27,32). The molecule has 10 heteroatoms. The minimum Gasteiger partial charge on any atom is -0.322 e. The lowest BCUT2D eigenvalue weighted by Crippen LogP contribution is -2.14. The zero-order chi connectivity index (χ0) is 22.2. The molecule has 0 aliphatic carbocycles. The van der Waals surface area contributed by atoms with Crippen molar-refractivity contribution in [3.05, 3.63) is 88.4 Å². The predicted octanol–water partition coefficient (Wildman–Crippen LogP) is 4.87. The summed E-state index contributed by atoms with van der Waals surface area (Å²) >= 11 is 12.3. The van der Waals surface area contributed by atoms with Gasteiger partial charge < -0.3 is 5.32 Å². The van der Waals surface area contributed by atoms with Gasteiger partial charge in [0, 0.05) is 16.4 Å². The lowest BCUT2D eigenvalue weighted by atomic mass is 10.1. The van der Waals surface area contributed by atoms with Crippen LogP contribution in [0.5, 0.6) is 0 Å². The topological polar surface area (TPSA) is 90.5 Å². The number of hydrogen-bond acceptors (Lipinski definition) is 5. The fraction of sp³-hybridized carbons (Fsp3) is 0.0455. The van der Waals surface area contributed by atoms with Gasteiger partial charge in [0.25, 0.3) is 5.91 Å². The summed E-state index contributed by atoms with van der Waals surface area (Å²) in [5.41, 5.74) is 4.67. The summed E-state index contributed by atoms with van der Waals surface area (Å²) in [5.74, 6) is -0.336. The van der Waals surface area contributed by atoms with Crippen molar-refractivity contribution in [3.8, 4) is 11.4 Å². The Morgan fingerprint density at radius 1 is 0.875 bits per heavy atom. The highest BCUT2D eigenvalue weighted by atomic mass is 35.5. The number of anilines is 1. The van der Waals surface area contributed by atoms with E-state index in [0.29, 0.717) is 32.3 Å². The van der Waals surface area contributed by atoms with Crippen molar-refractivity contribution in [3.63, 3.8) is 0 Å². The van der Waals surface area contributed by atoms with Crippen LogP contribution in [0.2, 0.25) is 10.0 Å². The number of benzene rings is 3. The van der Waals surface area contributed by atoms with Gasteiger partial charge in [-0.2, -0.15) is 4.80 Å². The molecular weight excluding hydrogens is 449 g/mol. The highest BCUT2D eigenvalue weighted by molar-refractivity contribution is 6.34. The molecular formula is C22H15Cl2N7O. The van der Waals surface area contributed by atoms with Crippen LogP contribution in [0.3, 0.4) is 0 Å². The fourth-order valence-electron chi connectivity index (χ4n) is 3.26. The van der Waals surface area contributed by atoms with Gasteiger partial charge in [-0.25, -0.2) is 0 Å². The van der Waals surface area contributed by atoms with E-state index in [9.17, 15) is 4.79 Å². The molecule has 1 N–H and O–H groups in total. The molecule has 0 spiro atoms. The van der Waals surface area contributed by atoms with Crippen molar-refractivity contribution >= 4 is 45.8 Å². The molecule has 0 unspecified atom stereocenters. The number of halogens is 2. The quantitative estimate of drug-likeness (QED) is 0.410. The normalized spacial score (nSPS) is 11.1. The fourth-order valence-corrected chi connectivity index (χ4v) is 3.59. The third-order valence-corrected chi connectivity index (χ3v) is 5.53. The van der Waals surface area contributed by atoms with Crippen molar-refractivity contribution in [1.82, 2.24) is 29.8 Å². The second-order valence-electron chi connectivity index (χ2n) is 7.11. The Bertz CT molecular complexity index is 1440. The molecule has 0 saturated carbocycles. The Morgan fingerprint density at radius 2 is 1.53 bits per heavy atom. The highest BCUT2D eigenvalue weighted by Gasteiger charge is 2.15. The van der Waals surface area contributed by atoms with Crippen molar-refractivity contribution in [2.24, 2.45) is 0 Å². The molecule has 1 amide bonds. The SMILES string of the molecule is Cc1cc2nn(-c3ccc(Cl)cc3)nc2cc1NC(=O)c1cc(-n2cnnc2)ccc1Cl. The summed E-state index contributed by atoms with van der Waals surface area (Å²) in [6.45, 7) is 1.89. The molecule has 0 radical (unpaired) electrons. The average Bonchev–Trinajstić information content (AvgIpc) is 3.45. The number of amides is 1. The van der Waals surface area contributed by atoms with Gasteiger partial charge in [-0.1, -0.05) is 23.2 Å². The second kappa shape index (κ2) is 8.07. The Kier molecular flexibility index (Phi) is 5.08. The molecule has 0 bridgehead atoms. The molecule has 5 rings (SSSR count). The van der Waals surface area contributed by atoms with E-state index in [0.717, 1.165) is 16.9 Å². The second-order valence-corrected chi connectivity index (χ2v) is 7.95. The third kappa shape index (κ3) is 3.81. The van der Waals surface area contributed by atoms with Crippen LogP contribution >= 0.6 is 23.2 Å². The molecule has 3 aromatic carbocycles. The first-order valence-electron chi connectivity index (χ1n) is 9.57. The molecule has 0 aliphatic heterocycles.